The molecule has 1 heterocycles. The quantitative estimate of drug-likeness (QED) is 0.537. The molecule has 4 nitrogen and oxygen atoms in total. The van der Waals surface area contributed by atoms with Crippen molar-refractivity contribution in [3.8, 4) is 0 Å². The van der Waals surface area contributed by atoms with Gasteiger partial charge in [0, 0.05) is 24.5 Å². The van der Waals surface area contributed by atoms with Gasteiger partial charge >= 0.3 is 6.09 Å². The van der Waals surface area contributed by atoms with Gasteiger partial charge in [-0.3, -0.25) is 0 Å². The lowest BCUT2D eigenvalue weighted by Gasteiger charge is -2.27. The number of rotatable bonds is 5. The van der Waals surface area contributed by atoms with Crippen molar-refractivity contribution in [3.05, 3.63) is 70.8 Å². The maximum Gasteiger partial charge on any atom is 0.408 e. The maximum absolute atomic E-state index is 11.8. The number of hydrogen-bond donors (Lipinski definition) is 2. The van der Waals surface area contributed by atoms with Crippen LogP contribution in [-0.4, -0.2) is 30.8 Å². The summed E-state index contributed by atoms with van der Waals surface area (Å²) in [5.74, 6) is 0.189. The molecule has 1 aliphatic rings. The number of alkyl halides is 1. The third kappa shape index (κ3) is 6.05. The number of carbonyl (C=O) groups excluding carboxylic acids is 1. The van der Waals surface area contributed by atoms with Crippen LogP contribution in [0.2, 0.25) is 0 Å². The molecule has 0 spiro atoms. The molecule has 0 bridgehead atoms. The largest absolute Gasteiger partial charge is 0.433 e. The molecule has 3 rings (SSSR count). The molecule has 1 aliphatic heterocycles. The molecule has 0 aromatic heterocycles. The average molecular weight is 457 g/mol. The van der Waals surface area contributed by atoms with Crippen LogP contribution in [0.3, 0.4) is 0 Å². The second-order valence-electron chi connectivity index (χ2n) is 10.9. The zero-order valence-corrected chi connectivity index (χ0v) is 20.9. The van der Waals surface area contributed by atoms with Gasteiger partial charge in [0.05, 0.1) is 0 Å². The van der Waals surface area contributed by atoms with E-state index in [0.717, 1.165) is 6.42 Å². The first kappa shape index (κ1) is 24.6. The van der Waals surface area contributed by atoms with Crippen molar-refractivity contribution in [2.24, 2.45) is 0 Å². The highest BCUT2D eigenvalue weighted by Crippen LogP contribution is 2.35. The lowest BCUT2D eigenvalue weighted by Crippen LogP contribution is -2.36. The van der Waals surface area contributed by atoms with Crippen molar-refractivity contribution < 1.29 is 9.53 Å². The number of benzene rings is 2. The summed E-state index contributed by atoms with van der Waals surface area (Å²) in [6.07, 6.45) is 0.359. The van der Waals surface area contributed by atoms with Gasteiger partial charge in [0.2, 0.25) is 0 Å². The fourth-order valence-electron chi connectivity index (χ4n) is 4.43. The first-order chi connectivity index (χ1) is 15.0. The predicted molar refractivity (Wildman–Crippen MR) is 133 cm³/mol. The molecule has 1 amide bonds. The summed E-state index contributed by atoms with van der Waals surface area (Å²) >= 11 is 5.51. The second-order valence-corrected chi connectivity index (χ2v) is 11.1. The normalized spacial score (nSPS) is 19.2. The summed E-state index contributed by atoms with van der Waals surface area (Å²) in [6, 6.07) is 18.1. The minimum Gasteiger partial charge on any atom is -0.433 e. The van der Waals surface area contributed by atoms with Gasteiger partial charge in [0.15, 0.2) is 6.07 Å². The van der Waals surface area contributed by atoms with E-state index in [1.54, 1.807) is 0 Å². The van der Waals surface area contributed by atoms with E-state index in [2.05, 4.69) is 101 Å². The lowest BCUT2D eigenvalue weighted by molar-refractivity contribution is 0.161. The van der Waals surface area contributed by atoms with Crippen LogP contribution in [0, 0.1) is 0 Å². The van der Waals surface area contributed by atoms with Crippen molar-refractivity contribution in [3.63, 3.8) is 0 Å². The highest BCUT2D eigenvalue weighted by Gasteiger charge is 2.33. The Kier molecular flexibility index (Phi) is 7.57. The second kappa shape index (κ2) is 9.84. The summed E-state index contributed by atoms with van der Waals surface area (Å²) in [4.78, 5) is 11.8. The minimum absolute atomic E-state index is 0.0147. The number of halogens is 1. The summed E-state index contributed by atoms with van der Waals surface area (Å²) < 4.78 is 4.85. The molecule has 0 saturated carbocycles. The lowest BCUT2D eigenvalue weighted by atomic mass is 9.80. The van der Waals surface area contributed by atoms with Crippen molar-refractivity contribution in [2.45, 2.75) is 76.8 Å². The van der Waals surface area contributed by atoms with Crippen LogP contribution in [0.25, 0.3) is 0 Å². The monoisotopic (exact) mass is 456 g/mol. The van der Waals surface area contributed by atoms with Crippen molar-refractivity contribution in [2.75, 3.05) is 12.6 Å². The van der Waals surface area contributed by atoms with E-state index < -0.39 is 6.09 Å². The Morgan fingerprint density at radius 2 is 1.44 bits per heavy atom. The SMILES string of the molecule is CC(C)(C)c1ccc(C(c2ccc(C(C)(C)C)cc2)[C@H]2C[C@@H](NC(=O)OCCl)CN2)cc1. The van der Waals surface area contributed by atoms with Crippen LogP contribution in [0.5, 0.6) is 0 Å². The molecular formula is C27H37ClN2O2. The third-order valence-corrected chi connectivity index (χ3v) is 6.46. The molecular weight excluding hydrogens is 420 g/mol. The van der Waals surface area contributed by atoms with Crippen molar-refractivity contribution >= 4 is 17.7 Å². The van der Waals surface area contributed by atoms with Gasteiger partial charge in [0.25, 0.3) is 0 Å². The van der Waals surface area contributed by atoms with E-state index in [9.17, 15) is 4.79 Å². The van der Waals surface area contributed by atoms with E-state index in [-0.39, 0.29) is 34.9 Å². The molecule has 5 heteroatoms. The molecule has 2 aromatic carbocycles. The fraction of sp³-hybridized carbons (Fsp3) is 0.519. The number of carbonyl (C=O) groups is 1. The van der Waals surface area contributed by atoms with Gasteiger partial charge in [-0.05, 0) is 39.5 Å². The molecule has 0 unspecified atom stereocenters. The van der Waals surface area contributed by atoms with E-state index in [0.29, 0.717) is 6.54 Å². The number of amides is 1. The molecule has 0 radical (unpaired) electrons. The average Bonchev–Trinajstić information content (AvgIpc) is 3.15. The minimum atomic E-state index is -0.465. The van der Waals surface area contributed by atoms with Gasteiger partial charge in [-0.1, -0.05) is 102 Å². The van der Waals surface area contributed by atoms with Gasteiger partial charge in [-0.25, -0.2) is 4.79 Å². The summed E-state index contributed by atoms with van der Waals surface area (Å²) in [5.41, 5.74) is 5.44. The summed E-state index contributed by atoms with van der Waals surface area (Å²) in [5, 5.41) is 6.56. The van der Waals surface area contributed by atoms with E-state index in [4.69, 9.17) is 16.3 Å². The molecule has 174 valence electrons. The van der Waals surface area contributed by atoms with Gasteiger partial charge < -0.3 is 15.4 Å². The van der Waals surface area contributed by atoms with Crippen LogP contribution in [-0.2, 0) is 15.6 Å². The highest BCUT2D eigenvalue weighted by atomic mass is 35.5. The number of hydrogen-bond acceptors (Lipinski definition) is 3. The molecule has 2 N–H and O–H groups in total. The van der Waals surface area contributed by atoms with E-state index in [1.165, 1.54) is 22.3 Å². The van der Waals surface area contributed by atoms with Gasteiger partial charge in [-0.15, -0.1) is 0 Å². The number of nitrogens with one attached hydrogen (secondary N) is 2. The molecule has 2 aromatic rings. The number of alkyl carbamates (subject to hydrolysis) is 1. The Balaban J connectivity index is 1.89. The topological polar surface area (TPSA) is 50.4 Å². The standard InChI is InChI=1S/C27H37ClN2O2/c1-26(2,3)20-11-7-18(8-12-20)24(19-9-13-21(14-10-19)27(4,5)6)23-15-22(16-29-23)30-25(31)32-17-28/h7-14,22-24,29H,15-17H2,1-6H3,(H,30,31)/t22-,23-/m1/s1. The fourth-order valence-corrected chi connectivity index (χ4v) is 4.53. The van der Waals surface area contributed by atoms with Crippen LogP contribution >= 0.6 is 11.6 Å². The molecule has 1 fully saturated rings. The Bertz CT molecular complexity index is 838. The molecule has 1 saturated heterocycles. The first-order valence-electron chi connectivity index (χ1n) is 11.4. The maximum atomic E-state index is 11.8. The van der Waals surface area contributed by atoms with Gasteiger partial charge in [-0.2, -0.15) is 0 Å². The predicted octanol–water partition coefficient (Wildman–Crippen LogP) is 6.07. The van der Waals surface area contributed by atoms with E-state index >= 15 is 0 Å². The Morgan fingerprint density at radius 1 is 0.969 bits per heavy atom. The smallest absolute Gasteiger partial charge is 0.408 e. The summed E-state index contributed by atoms with van der Waals surface area (Å²) in [7, 11) is 0. The van der Waals surface area contributed by atoms with Crippen LogP contribution in [0.1, 0.15) is 76.1 Å². The Morgan fingerprint density at radius 3 is 1.84 bits per heavy atom. The van der Waals surface area contributed by atoms with E-state index in [1.807, 2.05) is 0 Å². The van der Waals surface area contributed by atoms with Crippen LogP contribution < -0.4 is 10.6 Å². The third-order valence-electron chi connectivity index (χ3n) is 6.35. The van der Waals surface area contributed by atoms with Crippen LogP contribution in [0.4, 0.5) is 4.79 Å². The number of ether oxygens (including phenoxy) is 1. The highest BCUT2D eigenvalue weighted by molar-refractivity contribution is 6.17. The van der Waals surface area contributed by atoms with Crippen molar-refractivity contribution in [1.82, 2.24) is 10.6 Å². The van der Waals surface area contributed by atoms with Gasteiger partial charge in [0.1, 0.15) is 0 Å². The molecule has 2 atom stereocenters. The summed E-state index contributed by atoms with van der Waals surface area (Å²) in [6.45, 7) is 14.1. The Hall–Kier alpha value is -2.04. The van der Waals surface area contributed by atoms with Crippen LogP contribution in [0.15, 0.2) is 48.5 Å². The zero-order chi connectivity index (χ0) is 23.5. The molecule has 32 heavy (non-hydrogen) atoms. The zero-order valence-electron chi connectivity index (χ0n) is 20.2. The first-order valence-corrected chi connectivity index (χ1v) is 12.0. The molecule has 0 aliphatic carbocycles. The van der Waals surface area contributed by atoms with Crippen molar-refractivity contribution in [1.29, 1.82) is 0 Å². The Labute approximate surface area is 198 Å².